The van der Waals surface area contributed by atoms with E-state index in [4.69, 9.17) is 4.74 Å². The van der Waals surface area contributed by atoms with E-state index >= 15 is 0 Å². The quantitative estimate of drug-likeness (QED) is 0.800. The zero-order chi connectivity index (χ0) is 13.7. The van der Waals surface area contributed by atoms with Crippen LogP contribution in [0.5, 0.6) is 5.75 Å². The molecule has 0 aliphatic rings. The van der Waals surface area contributed by atoms with Gasteiger partial charge < -0.3 is 4.74 Å². The molecule has 1 heterocycles. The number of aromatic nitrogens is 2. The van der Waals surface area contributed by atoms with Gasteiger partial charge in [-0.2, -0.15) is 13.9 Å². The second-order valence-electron chi connectivity index (χ2n) is 4.30. The fourth-order valence-electron chi connectivity index (χ4n) is 1.71. The minimum Gasteiger partial charge on any atom is -0.484 e. The molecule has 0 atom stereocenters. The lowest BCUT2D eigenvalue weighted by molar-refractivity contribution is -0.0467. The first-order chi connectivity index (χ1) is 9.12. The third kappa shape index (κ3) is 3.53. The van der Waals surface area contributed by atoms with Gasteiger partial charge in [-0.3, -0.25) is 4.68 Å². The Balaban J connectivity index is 1.97. The number of nitrogens with zero attached hydrogens (tertiary/aromatic N) is 2. The van der Waals surface area contributed by atoms with E-state index in [9.17, 15) is 8.78 Å². The van der Waals surface area contributed by atoms with E-state index in [2.05, 4.69) is 5.10 Å². The van der Waals surface area contributed by atoms with Crippen molar-refractivity contribution in [1.29, 1.82) is 0 Å². The van der Waals surface area contributed by atoms with Crippen LogP contribution in [0.25, 0.3) is 0 Å². The number of ether oxygens (including phenoxy) is 1. The number of aryl methyl sites for hydroxylation is 1. The standard InChI is InChI=1S/C14H16F2N2O/c1-2-8-18-10-13(9-17-18)19-11-14(15,16)12-6-4-3-5-7-12/h3-7,9-10H,2,8,11H2,1H3. The summed E-state index contributed by atoms with van der Waals surface area (Å²) in [5.74, 6) is -2.64. The molecule has 0 fully saturated rings. The van der Waals surface area contributed by atoms with Crippen LogP contribution in [-0.4, -0.2) is 16.4 Å². The molecule has 0 spiro atoms. The summed E-state index contributed by atoms with van der Waals surface area (Å²) in [5, 5.41) is 4.03. The smallest absolute Gasteiger partial charge is 0.306 e. The summed E-state index contributed by atoms with van der Waals surface area (Å²) in [6, 6.07) is 7.66. The summed E-state index contributed by atoms with van der Waals surface area (Å²) in [6.07, 6.45) is 4.02. The fraction of sp³-hybridized carbons (Fsp3) is 0.357. The van der Waals surface area contributed by atoms with Crippen molar-refractivity contribution in [3.63, 3.8) is 0 Å². The van der Waals surface area contributed by atoms with Crippen LogP contribution in [0, 0.1) is 0 Å². The van der Waals surface area contributed by atoms with Gasteiger partial charge in [0.05, 0.1) is 12.4 Å². The highest BCUT2D eigenvalue weighted by molar-refractivity contribution is 5.20. The predicted octanol–water partition coefficient (Wildman–Crippen LogP) is 3.46. The Labute approximate surface area is 110 Å². The first-order valence-electron chi connectivity index (χ1n) is 6.20. The first-order valence-corrected chi connectivity index (χ1v) is 6.20. The van der Waals surface area contributed by atoms with E-state index in [-0.39, 0.29) is 5.56 Å². The SMILES string of the molecule is CCCn1cc(OCC(F)(F)c2ccccc2)cn1. The molecule has 5 heteroatoms. The van der Waals surface area contributed by atoms with Crippen LogP contribution in [0.1, 0.15) is 18.9 Å². The molecular weight excluding hydrogens is 250 g/mol. The molecule has 0 N–H and O–H groups in total. The topological polar surface area (TPSA) is 27.1 Å². The Bertz CT molecular complexity index is 511. The summed E-state index contributed by atoms with van der Waals surface area (Å²) in [6.45, 7) is 2.08. The van der Waals surface area contributed by atoms with Gasteiger partial charge in [0.2, 0.25) is 0 Å². The maximum atomic E-state index is 13.8. The average molecular weight is 266 g/mol. The number of hydrogen-bond donors (Lipinski definition) is 0. The Morgan fingerprint density at radius 2 is 2.00 bits per heavy atom. The van der Waals surface area contributed by atoms with Crippen molar-refractivity contribution in [2.75, 3.05) is 6.61 Å². The summed E-state index contributed by atoms with van der Waals surface area (Å²) >= 11 is 0. The minimum atomic E-state index is -3.01. The number of rotatable bonds is 6. The van der Waals surface area contributed by atoms with E-state index in [1.54, 1.807) is 29.1 Å². The molecule has 2 rings (SSSR count). The Hall–Kier alpha value is -1.91. The third-order valence-electron chi connectivity index (χ3n) is 2.68. The van der Waals surface area contributed by atoms with Crippen molar-refractivity contribution in [3.8, 4) is 5.75 Å². The third-order valence-corrected chi connectivity index (χ3v) is 2.68. The molecule has 0 aliphatic heterocycles. The van der Waals surface area contributed by atoms with Crippen LogP contribution in [0.4, 0.5) is 8.78 Å². The second kappa shape index (κ2) is 5.82. The van der Waals surface area contributed by atoms with E-state index in [0.29, 0.717) is 5.75 Å². The molecule has 19 heavy (non-hydrogen) atoms. The van der Waals surface area contributed by atoms with Gasteiger partial charge in [-0.05, 0) is 6.42 Å². The molecule has 0 saturated carbocycles. The lowest BCUT2D eigenvalue weighted by Crippen LogP contribution is -2.22. The number of alkyl halides is 2. The monoisotopic (exact) mass is 266 g/mol. The van der Waals surface area contributed by atoms with E-state index in [1.807, 2.05) is 6.92 Å². The zero-order valence-electron chi connectivity index (χ0n) is 10.7. The molecule has 0 radical (unpaired) electrons. The predicted molar refractivity (Wildman–Crippen MR) is 68.3 cm³/mol. The van der Waals surface area contributed by atoms with E-state index < -0.39 is 12.5 Å². The van der Waals surface area contributed by atoms with E-state index in [0.717, 1.165) is 13.0 Å². The van der Waals surface area contributed by atoms with Gasteiger partial charge >= 0.3 is 5.92 Å². The number of hydrogen-bond acceptors (Lipinski definition) is 2. The van der Waals surface area contributed by atoms with Gasteiger partial charge in [-0.1, -0.05) is 37.3 Å². The highest BCUT2D eigenvalue weighted by Gasteiger charge is 2.32. The summed E-state index contributed by atoms with van der Waals surface area (Å²) in [5.41, 5.74) is -0.0454. The Morgan fingerprint density at radius 1 is 1.26 bits per heavy atom. The molecule has 1 aromatic carbocycles. The van der Waals surface area contributed by atoms with E-state index in [1.165, 1.54) is 18.3 Å². The molecule has 2 aromatic rings. The first kappa shape index (κ1) is 13.5. The van der Waals surface area contributed by atoms with Crippen molar-refractivity contribution in [2.45, 2.75) is 25.8 Å². The molecule has 0 unspecified atom stereocenters. The van der Waals surface area contributed by atoms with Crippen molar-refractivity contribution >= 4 is 0 Å². The zero-order valence-corrected chi connectivity index (χ0v) is 10.7. The molecule has 1 aromatic heterocycles. The van der Waals surface area contributed by atoms with Gasteiger partial charge in [0, 0.05) is 12.1 Å². The maximum absolute atomic E-state index is 13.8. The van der Waals surface area contributed by atoms with Gasteiger partial charge in [0.25, 0.3) is 0 Å². The van der Waals surface area contributed by atoms with Crippen LogP contribution in [0.3, 0.4) is 0 Å². The Morgan fingerprint density at radius 3 is 2.68 bits per heavy atom. The molecule has 0 aliphatic carbocycles. The average Bonchev–Trinajstić information content (AvgIpc) is 2.86. The number of benzene rings is 1. The van der Waals surface area contributed by atoms with Crippen molar-refractivity contribution in [1.82, 2.24) is 9.78 Å². The van der Waals surface area contributed by atoms with Gasteiger partial charge in [-0.25, -0.2) is 0 Å². The van der Waals surface area contributed by atoms with Gasteiger partial charge in [0.15, 0.2) is 12.4 Å². The highest BCUT2D eigenvalue weighted by Crippen LogP contribution is 2.28. The van der Waals surface area contributed by atoms with Crippen molar-refractivity contribution in [3.05, 3.63) is 48.3 Å². The second-order valence-corrected chi connectivity index (χ2v) is 4.30. The fourth-order valence-corrected chi connectivity index (χ4v) is 1.71. The Kier molecular flexibility index (Phi) is 4.14. The molecular formula is C14H16F2N2O. The molecule has 102 valence electrons. The number of halogens is 2. The summed E-state index contributed by atoms with van der Waals surface area (Å²) in [7, 11) is 0. The summed E-state index contributed by atoms with van der Waals surface area (Å²) in [4.78, 5) is 0. The molecule has 0 amide bonds. The lowest BCUT2D eigenvalue weighted by Gasteiger charge is -2.16. The van der Waals surface area contributed by atoms with Crippen molar-refractivity contribution in [2.24, 2.45) is 0 Å². The molecule has 0 bridgehead atoms. The van der Waals surface area contributed by atoms with Crippen LogP contribution < -0.4 is 4.74 Å². The van der Waals surface area contributed by atoms with Crippen LogP contribution in [-0.2, 0) is 12.5 Å². The largest absolute Gasteiger partial charge is 0.484 e. The highest BCUT2D eigenvalue weighted by atomic mass is 19.3. The van der Waals surface area contributed by atoms with Crippen molar-refractivity contribution < 1.29 is 13.5 Å². The molecule has 3 nitrogen and oxygen atoms in total. The summed E-state index contributed by atoms with van der Waals surface area (Å²) < 4.78 is 34.5. The maximum Gasteiger partial charge on any atom is 0.306 e. The molecule has 0 saturated heterocycles. The normalized spacial score (nSPS) is 11.5. The van der Waals surface area contributed by atoms with Crippen LogP contribution in [0.15, 0.2) is 42.7 Å². The van der Waals surface area contributed by atoms with Crippen LogP contribution >= 0.6 is 0 Å². The lowest BCUT2D eigenvalue weighted by atomic mass is 10.1. The van der Waals surface area contributed by atoms with Gasteiger partial charge in [0.1, 0.15) is 0 Å². The van der Waals surface area contributed by atoms with Gasteiger partial charge in [-0.15, -0.1) is 0 Å². The minimum absolute atomic E-state index is 0.0454. The van der Waals surface area contributed by atoms with Crippen LogP contribution in [0.2, 0.25) is 0 Å².